The predicted octanol–water partition coefficient (Wildman–Crippen LogP) is -1.13. The first-order chi connectivity index (χ1) is 9.61. The summed E-state index contributed by atoms with van der Waals surface area (Å²) in [6.45, 7) is 3.17. The van der Waals surface area contributed by atoms with Crippen molar-refractivity contribution < 1.29 is 14.3 Å². The van der Waals surface area contributed by atoms with Crippen LogP contribution in [0, 0.1) is 5.92 Å². The van der Waals surface area contributed by atoms with Crippen molar-refractivity contribution in [2.75, 3.05) is 26.8 Å². The first kappa shape index (κ1) is 14.4. The zero-order chi connectivity index (χ0) is 14.5. The molecule has 0 spiro atoms. The largest absolute Gasteiger partial charge is 0.383 e. The number of methoxy groups -OCH3 is 1. The van der Waals surface area contributed by atoms with Gasteiger partial charge in [0.2, 0.25) is 11.8 Å². The van der Waals surface area contributed by atoms with Gasteiger partial charge in [-0.1, -0.05) is 5.21 Å². The number of rotatable bonds is 6. The molecule has 1 saturated heterocycles. The molecule has 2 heterocycles. The van der Waals surface area contributed by atoms with Gasteiger partial charge in [-0.05, 0) is 6.92 Å². The average molecular weight is 282 g/mol. The van der Waals surface area contributed by atoms with Crippen LogP contribution in [0.3, 0.4) is 0 Å². The van der Waals surface area contributed by atoms with Gasteiger partial charge >= 0.3 is 0 Å². The lowest BCUT2D eigenvalue weighted by molar-refractivity contribution is -0.129. The minimum absolute atomic E-state index is 0.0191. The van der Waals surface area contributed by atoms with Crippen LogP contribution in [-0.4, -0.2) is 64.1 Å². The maximum atomic E-state index is 12.1. The molecule has 0 bridgehead atoms. The fourth-order valence-electron chi connectivity index (χ4n) is 2.11. The number of aromatic nitrogens is 4. The third-order valence-corrected chi connectivity index (χ3v) is 3.26. The molecular weight excluding hydrogens is 264 g/mol. The topological polar surface area (TPSA) is 113 Å². The summed E-state index contributed by atoms with van der Waals surface area (Å²) >= 11 is 0. The number of nitrogens with one attached hydrogen (secondary N) is 2. The molecule has 1 aromatic rings. The minimum Gasteiger partial charge on any atom is -0.383 e. The van der Waals surface area contributed by atoms with E-state index in [2.05, 4.69) is 25.9 Å². The number of nitrogens with zero attached hydrogens (tertiary/aromatic N) is 4. The molecule has 1 fully saturated rings. The highest BCUT2D eigenvalue weighted by atomic mass is 16.5. The number of carbonyl (C=O) groups excluding carboxylic acids is 2. The molecule has 0 radical (unpaired) electrons. The maximum Gasteiger partial charge on any atom is 0.226 e. The van der Waals surface area contributed by atoms with Gasteiger partial charge in [0.1, 0.15) is 0 Å². The van der Waals surface area contributed by atoms with E-state index in [1.54, 1.807) is 18.9 Å². The first-order valence-electron chi connectivity index (χ1n) is 6.42. The van der Waals surface area contributed by atoms with Crippen LogP contribution in [0.2, 0.25) is 0 Å². The number of hydrogen-bond donors (Lipinski definition) is 2. The van der Waals surface area contributed by atoms with Gasteiger partial charge in [0.25, 0.3) is 0 Å². The molecule has 2 unspecified atom stereocenters. The predicted molar refractivity (Wildman–Crippen MR) is 67.3 cm³/mol. The fourth-order valence-corrected chi connectivity index (χ4v) is 2.11. The smallest absolute Gasteiger partial charge is 0.226 e. The van der Waals surface area contributed by atoms with Crippen LogP contribution >= 0.6 is 0 Å². The number of likely N-dealkylation sites (tertiary alicyclic amines) is 1. The number of amides is 2. The van der Waals surface area contributed by atoms with E-state index in [0.29, 0.717) is 25.5 Å². The zero-order valence-corrected chi connectivity index (χ0v) is 11.5. The summed E-state index contributed by atoms with van der Waals surface area (Å²) in [6.07, 6.45) is 0.231. The van der Waals surface area contributed by atoms with Crippen LogP contribution in [0.15, 0.2) is 0 Å². The summed E-state index contributed by atoms with van der Waals surface area (Å²) in [7, 11) is 1.58. The summed E-state index contributed by atoms with van der Waals surface area (Å²) in [6, 6.07) is -0.343. The van der Waals surface area contributed by atoms with Crippen LogP contribution in [0.25, 0.3) is 0 Å². The minimum atomic E-state index is -0.343. The number of tetrazole rings is 1. The molecule has 9 nitrogen and oxygen atoms in total. The second kappa shape index (κ2) is 6.42. The van der Waals surface area contributed by atoms with E-state index < -0.39 is 0 Å². The highest BCUT2D eigenvalue weighted by Crippen LogP contribution is 2.18. The molecular formula is C11H18N6O3. The summed E-state index contributed by atoms with van der Waals surface area (Å²) < 4.78 is 4.94. The van der Waals surface area contributed by atoms with E-state index in [-0.39, 0.29) is 30.2 Å². The van der Waals surface area contributed by atoms with E-state index in [9.17, 15) is 9.59 Å². The monoisotopic (exact) mass is 282 g/mol. The number of aromatic amines is 1. The van der Waals surface area contributed by atoms with Gasteiger partial charge in [-0.15, -0.1) is 10.2 Å². The molecule has 2 rings (SSSR count). The lowest BCUT2D eigenvalue weighted by Gasteiger charge is -2.16. The third-order valence-electron chi connectivity index (χ3n) is 3.26. The van der Waals surface area contributed by atoms with Crippen molar-refractivity contribution in [3.05, 3.63) is 5.82 Å². The van der Waals surface area contributed by atoms with Gasteiger partial charge < -0.3 is 15.0 Å². The van der Waals surface area contributed by atoms with Gasteiger partial charge in [-0.2, -0.15) is 5.21 Å². The Balaban J connectivity index is 1.86. The highest BCUT2D eigenvalue weighted by Gasteiger charge is 2.34. The Kier molecular flexibility index (Phi) is 4.61. The van der Waals surface area contributed by atoms with Crippen LogP contribution in [0.4, 0.5) is 0 Å². The van der Waals surface area contributed by atoms with Gasteiger partial charge in [0.15, 0.2) is 5.82 Å². The molecule has 0 aliphatic carbocycles. The standard InChI is InChI=1S/C11H18N6O3/c1-7(10-13-15-16-14-10)12-11(19)8-5-9(18)17(6-8)3-4-20-2/h7-8H,3-6H2,1-2H3,(H,12,19)(H,13,14,15,16). The van der Waals surface area contributed by atoms with Crippen molar-refractivity contribution in [1.29, 1.82) is 0 Å². The molecule has 9 heteroatoms. The Bertz CT molecular complexity index is 463. The lowest BCUT2D eigenvalue weighted by atomic mass is 10.1. The van der Waals surface area contributed by atoms with E-state index in [4.69, 9.17) is 4.74 Å². The van der Waals surface area contributed by atoms with Crippen molar-refractivity contribution in [2.24, 2.45) is 5.92 Å². The van der Waals surface area contributed by atoms with Crippen molar-refractivity contribution in [3.63, 3.8) is 0 Å². The average Bonchev–Trinajstić information content (AvgIpc) is 3.06. The van der Waals surface area contributed by atoms with Crippen molar-refractivity contribution in [2.45, 2.75) is 19.4 Å². The molecule has 110 valence electrons. The number of carbonyl (C=O) groups is 2. The molecule has 0 saturated carbocycles. The summed E-state index contributed by atoms with van der Waals surface area (Å²) in [5, 5.41) is 16.2. The molecule has 2 atom stereocenters. The van der Waals surface area contributed by atoms with E-state index >= 15 is 0 Å². The number of H-pyrrole nitrogens is 1. The van der Waals surface area contributed by atoms with E-state index in [1.807, 2.05) is 0 Å². The van der Waals surface area contributed by atoms with Crippen molar-refractivity contribution in [1.82, 2.24) is 30.8 Å². The van der Waals surface area contributed by atoms with E-state index in [0.717, 1.165) is 0 Å². The number of ether oxygens (including phenoxy) is 1. The molecule has 2 amide bonds. The Hall–Kier alpha value is -2.03. The van der Waals surface area contributed by atoms with Gasteiger partial charge in [0.05, 0.1) is 18.6 Å². The molecule has 0 aromatic carbocycles. The third kappa shape index (κ3) is 3.29. The number of hydrogen-bond acceptors (Lipinski definition) is 6. The maximum absolute atomic E-state index is 12.1. The normalized spacial score (nSPS) is 20.2. The quantitative estimate of drug-likeness (QED) is 0.682. The second-order valence-electron chi connectivity index (χ2n) is 4.73. The van der Waals surface area contributed by atoms with Crippen molar-refractivity contribution in [3.8, 4) is 0 Å². The molecule has 2 N–H and O–H groups in total. The molecule has 20 heavy (non-hydrogen) atoms. The van der Waals surface area contributed by atoms with Crippen LogP contribution < -0.4 is 5.32 Å². The Morgan fingerprint density at radius 2 is 2.45 bits per heavy atom. The van der Waals surface area contributed by atoms with Crippen LogP contribution in [-0.2, 0) is 14.3 Å². The fraction of sp³-hybridized carbons (Fsp3) is 0.727. The van der Waals surface area contributed by atoms with E-state index in [1.165, 1.54) is 0 Å². The second-order valence-corrected chi connectivity index (χ2v) is 4.73. The van der Waals surface area contributed by atoms with Crippen LogP contribution in [0.1, 0.15) is 25.2 Å². The zero-order valence-electron chi connectivity index (χ0n) is 11.5. The Morgan fingerprint density at radius 1 is 1.65 bits per heavy atom. The van der Waals surface area contributed by atoms with Crippen LogP contribution in [0.5, 0.6) is 0 Å². The summed E-state index contributed by atoms with van der Waals surface area (Å²) in [5.74, 6) is -0.113. The summed E-state index contributed by atoms with van der Waals surface area (Å²) in [4.78, 5) is 25.5. The summed E-state index contributed by atoms with van der Waals surface area (Å²) in [5.41, 5.74) is 0. The van der Waals surface area contributed by atoms with Crippen molar-refractivity contribution >= 4 is 11.8 Å². The van der Waals surface area contributed by atoms with Gasteiger partial charge in [-0.25, -0.2) is 0 Å². The molecule has 1 aliphatic heterocycles. The van der Waals surface area contributed by atoms with Gasteiger partial charge in [0, 0.05) is 26.6 Å². The Morgan fingerprint density at radius 3 is 3.10 bits per heavy atom. The SMILES string of the molecule is COCCN1CC(C(=O)NC(C)c2nn[nH]n2)CC1=O. The lowest BCUT2D eigenvalue weighted by Crippen LogP contribution is -2.35. The highest BCUT2D eigenvalue weighted by molar-refractivity contribution is 5.89. The molecule has 1 aromatic heterocycles. The van der Waals surface area contributed by atoms with Gasteiger partial charge in [-0.3, -0.25) is 9.59 Å². The molecule has 1 aliphatic rings. The Labute approximate surface area is 116 Å². The first-order valence-corrected chi connectivity index (χ1v) is 6.42.